The number of hydrogen-bond donors (Lipinski definition) is 1. The van der Waals surface area contributed by atoms with Crippen LogP contribution in [0.3, 0.4) is 0 Å². The second kappa shape index (κ2) is 5.08. The highest BCUT2D eigenvalue weighted by Crippen LogP contribution is 2.34. The van der Waals surface area contributed by atoms with Gasteiger partial charge in [0.25, 0.3) is 0 Å². The van der Waals surface area contributed by atoms with E-state index in [1.807, 2.05) is 6.07 Å². The van der Waals surface area contributed by atoms with Crippen LogP contribution in [0.2, 0.25) is 0 Å². The van der Waals surface area contributed by atoms with Crippen LogP contribution in [0.25, 0.3) is 5.57 Å². The molecular formula is C16H19NO2. The summed E-state index contributed by atoms with van der Waals surface area (Å²) in [5, 5.41) is 2.98. The van der Waals surface area contributed by atoms with Crippen molar-refractivity contribution in [2.45, 2.75) is 25.7 Å². The molecule has 0 aromatic heterocycles. The van der Waals surface area contributed by atoms with Gasteiger partial charge in [-0.2, -0.15) is 0 Å². The topological polar surface area (TPSA) is 38.3 Å². The second-order valence-corrected chi connectivity index (χ2v) is 5.27. The summed E-state index contributed by atoms with van der Waals surface area (Å²) in [5.41, 5.74) is 3.98. The lowest BCUT2D eigenvalue weighted by Gasteiger charge is -2.05. The Morgan fingerprint density at radius 1 is 1.42 bits per heavy atom. The van der Waals surface area contributed by atoms with Crippen molar-refractivity contribution >= 4 is 11.5 Å². The molecule has 3 heteroatoms. The summed E-state index contributed by atoms with van der Waals surface area (Å²) in [7, 11) is 1.69. The highest BCUT2D eigenvalue weighted by atomic mass is 16.5. The molecule has 0 spiro atoms. The predicted octanol–water partition coefficient (Wildman–Crippen LogP) is 2.55. The van der Waals surface area contributed by atoms with Crippen LogP contribution in [0.15, 0.2) is 24.3 Å². The average molecular weight is 257 g/mol. The highest BCUT2D eigenvalue weighted by molar-refractivity contribution is 5.81. The maximum absolute atomic E-state index is 11.6. The Morgan fingerprint density at radius 2 is 2.26 bits per heavy atom. The van der Waals surface area contributed by atoms with Gasteiger partial charge in [-0.3, -0.25) is 4.79 Å². The SMILES string of the molecule is COc1ccc2c(c1)/C(=C\CNC(=O)C1CC1)CC2. The van der Waals surface area contributed by atoms with E-state index in [0.29, 0.717) is 6.54 Å². The molecule has 0 bridgehead atoms. The van der Waals surface area contributed by atoms with Crippen molar-refractivity contribution in [1.29, 1.82) is 0 Å². The quantitative estimate of drug-likeness (QED) is 0.900. The summed E-state index contributed by atoms with van der Waals surface area (Å²) in [6.45, 7) is 0.640. The molecule has 100 valence electrons. The largest absolute Gasteiger partial charge is 0.497 e. The minimum atomic E-state index is 0.209. The zero-order valence-electron chi connectivity index (χ0n) is 11.2. The van der Waals surface area contributed by atoms with Gasteiger partial charge in [0.15, 0.2) is 0 Å². The van der Waals surface area contributed by atoms with Gasteiger partial charge in [-0.25, -0.2) is 0 Å². The van der Waals surface area contributed by atoms with Crippen molar-refractivity contribution in [3.8, 4) is 5.75 Å². The van der Waals surface area contributed by atoms with Crippen molar-refractivity contribution < 1.29 is 9.53 Å². The van der Waals surface area contributed by atoms with Crippen molar-refractivity contribution in [2.75, 3.05) is 13.7 Å². The smallest absolute Gasteiger partial charge is 0.223 e. The highest BCUT2D eigenvalue weighted by Gasteiger charge is 2.29. The maximum atomic E-state index is 11.6. The molecule has 3 rings (SSSR count). The summed E-state index contributed by atoms with van der Waals surface area (Å²) in [6, 6.07) is 6.24. The Bertz CT molecular complexity index is 530. The first-order chi connectivity index (χ1) is 9.28. The third kappa shape index (κ3) is 2.65. The third-order valence-corrected chi connectivity index (χ3v) is 3.90. The predicted molar refractivity (Wildman–Crippen MR) is 75.0 cm³/mol. The molecular weight excluding hydrogens is 238 g/mol. The molecule has 1 amide bonds. The summed E-state index contributed by atoms with van der Waals surface area (Å²) in [5.74, 6) is 1.39. The number of amides is 1. The third-order valence-electron chi connectivity index (χ3n) is 3.90. The first kappa shape index (κ1) is 12.3. The lowest BCUT2D eigenvalue weighted by Crippen LogP contribution is -2.24. The normalized spacial score (nSPS) is 19.3. The van der Waals surface area contributed by atoms with Gasteiger partial charge in [0.2, 0.25) is 5.91 Å². The van der Waals surface area contributed by atoms with Crippen LogP contribution in [0.4, 0.5) is 0 Å². The fourth-order valence-electron chi connectivity index (χ4n) is 2.58. The number of ether oxygens (including phenoxy) is 1. The van der Waals surface area contributed by atoms with Gasteiger partial charge in [-0.1, -0.05) is 12.1 Å². The van der Waals surface area contributed by atoms with Crippen LogP contribution in [-0.2, 0) is 11.2 Å². The first-order valence-corrected chi connectivity index (χ1v) is 6.92. The monoisotopic (exact) mass is 257 g/mol. The fourth-order valence-corrected chi connectivity index (χ4v) is 2.58. The Kier molecular flexibility index (Phi) is 3.28. The van der Waals surface area contributed by atoms with Crippen molar-refractivity contribution in [1.82, 2.24) is 5.32 Å². The van der Waals surface area contributed by atoms with E-state index in [0.717, 1.165) is 31.4 Å². The molecule has 1 N–H and O–H groups in total. The van der Waals surface area contributed by atoms with Gasteiger partial charge >= 0.3 is 0 Å². The van der Waals surface area contributed by atoms with Crippen LogP contribution < -0.4 is 10.1 Å². The lowest BCUT2D eigenvalue weighted by atomic mass is 10.1. The zero-order valence-corrected chi connectivity index (χ0v) is 11.2. The number of fused-ring (bicyclic) bond motifs is 1. The van der Waals surface area contributed by atoms with Crippen molar-refractivity contribution in [2.24, 2.45) is 5.92 Å². The Labute approximate surface area is 113 Å². The van der Waals surface area contributed by atoms with E-state index >= 15 is 0 Å². The van der Waals surface area contributed by atoms with Crippen LogP contribution >= 0.6 is 0 Å². The molecule has 0 saturated heterocycles. The summed E-state index contributed by atoms with van der Waals surface area (Å²) < 4.78 is 5.27. The summed E-state index contributed by atoms with van der Waals surface area (Å²) in [4.78, 5) is 11.6. The second-order valence-electron chi connectivity index (χ2n) is 5.27. The molecule has 0 unspecified atom stereocenters. The number of rotatable bonds is 4. The van der Waals surface area contributed by atoms with Gasteiger partial charge in [0.1, 0.15) is 5.75 Å². The van der Waals surface area contributed by atoms with E-state index in [1.54, 1.807) is 7.11 Å². The van der Waals surface area contributed by atoms with Crippen LogP contribution in [0, 0.1) is 5.92 Å². The zero-order chi connectivity index (χ0) is 13.2. The summed E-state index contributed by atoms with van der Waals surface area (Å²) >= 11 is 0. The van der Waals surface area contributed by atoms with E-state index in [1.165, 1.54) is 16.7 Å². The average Bonchev–Trinajstić information content (AvgIpc) is 3.21. The number of benzene rings is 1. The van der Waals surface area contributed by atoms with E-state index in [9.17, 15) is 4.79 Å². The first-order valence-electron chi connectivity index (χ1n) is 6.92. The molecule has 1 saturated carbocycles. The Balaban J connectivity index is 1.68. The van der Waals surface area contributed by atoms with Crippen molar-refractivity contribution in [3.63, 3.8) is 0 Å². The van der Waals surface area contributed by atoms with Crippen molar-refractivity contribution in [3.05, 3.63) is 35.4 Å². The summed E-state index contributed by atoms with van der Waals surface area (Å²) in [6.07, 6.45) is 6.40. The Morgan fingerprint density at radius 3 is 3.00 bits per heavy atom. The number of carbonyl (C=O) groups is 1. The molecule has 1 aromatic rings. The van der Waals surface area contributed by atoms with Gasteiger partial charge in [0, 0.05) is 12.5 Å². The molecule has 2 aliphatic carbocycles. The maximum Gasteiger partial charge on any atom is 0.223 e. The minimum absolute atomic E-state index is 0.209. The van der Waals surface area contributed by atoms with E-state index in [4.69, 9.17) is 4.74 Å². The van der Waals surface area contributed by atoms with Gasteiger partial charge < -0.3 is 10.1 Å². The van der Waals surface area contributed by atoms with Crippen LogP contribution in [0.1, 0.15) is 30.4 Å². The van der Waals surface area contributed by atoms with E-state index < -0.39 is 0 Å². The number of hydrogen-bond acceptors (Lipinski definition) is 2. The van der Waals surface area contributed by atoms with Gasteiger partial charge in [0.05, 0.1) is 7.11 Å². The molecule has 0 atom stereocenters. The molecule has 0 radical (unpaired) electrons. The van der Waals surface area contributed by atoms with Crippen LogP contribution in [-0.4, -0.2) is 19.6 Å². The van der Waals surface area contributed by atoms with Gasteiger partial charge in [-0.15, -0.1) is 0 Å². The number of methoxy groups -OCH3 is 1. The lowest BCUT2D eigenvalue weighted by molar-refractivity contribution is -0.122. The molecule has 1 fully saturated rings. The molecule has 19 heavy (non-hydrogen) atoms. The van der Waals surface area contributed by atoms with E-state index in [2.05, 4.69) is 23.5 Å². The molecule has 1 aromatic carbocycles. The number of aryl methyl sites for hydroxylation is 1. The molecule has 0 aliphatic heterocycles. The minimum Gasteiger partial charge on any atom is -0.497 e. The molecule has 2 aliphatic rings. The Hall–Kier alpha value is -1.77. The van der Waals surface area contributed by atoms with Gasteiger partial charge in [-0.05, 0) is 54.5 Å². The molecule has 0 heterocycles. The fraction of sp³-hybridized carbons (Fsp3) is 0.438. The van der Waals surface area contributed by atoms with E-state index in [-0.39, 0.29) is 11.8 Å². The molecule has 3 nitrogen and oxygen atoms in total. The number of carbonyl (C=O) groups excluding carboxylic acids is 1. The number of nitrogens with one attached hydrogen (secondary N) is 1. The van der Waals surface area contributed by atoms with Crippen LogP contribution in [0.5, 0.6) is 5.75 Å². The standard InChI is InChI=1S/C16H19NO2/c1-19-14-7-6-11-2-3-12(15(11)10-14)8-9-17-16(18)13-4-5-13/h6-8,10,13H,2-5,9H2,1H3,(H,17,18)/b12-8-. The number of allylic oxidation sites excluding steroid dienone is 1.